The van der Waals surface area contributed by atoms with Gasteiger partial charge in [0.05, 0.1) is 6.10 Å². The molecule has 2 aliphatic heterocycles. The largest absolute Gasteiger partial charge is 0.388 e. The zero-order chi connectivity index (χ0) is 20.3. The summed E-state index contributed by atoms with van der Waals surface area (Å²) in [5.41, 5.74) is 0.00605. The van der Waals surface area contributed by atoms with E-state index in [4.69, 9.17) is 0 Å². The van der Waals surface area contributed by atoms with Crippen molar-refractivity contribution < 1.29 is 19.5 Å². The van der Waals surface area contributed by atoms with Crippen LogP contribution in [-0.4, -0.2) is 57.9 Å². The Morgan fingerprint density at radius 2 is 1.79 bits per heavy atom. The van der Waals surface area contributed by atoms with Gasteiger partial charge in [-0.1, -0.05) is 44.2 Å². The van der Waals surface area contributed by atoms with Gasteiger partial charge >= 0.3 is 6.03 Å². The first-order chi connectivity index (χ1) is 13.4. The Hall–Kier alpha value is -2.41. The average Bonchev–Trinajstić information content (AvgIpc) is 2.98. The zero-order valence-corrected chi connectivity index (χ0v) is 16.6. The van der Waals surface area contributed by atoms with Gasteiger partial charge in [-0.3, -0.25) is 14.5 Å². The second-order valence-corrected chi connectivity index (χ2v) is 7.68. The number of hydrogen-bond donors (Lipinski definition) is 2. The van der Waals surface area contributed by atoms with Crippen molar-refractivity contribution in [1.82, 2.24) is 15.1 Å². The van der Waals surface area contributed by atoms with E-state index in [9.17, 15) is 19.5 Å². The number of amides is 4. The number of nitrogens with zero attached hydrogens (tertiary/aromatic N) is 2. The molecule has 0 aliphatic carbocycles. The molecule has 7 heteroatoms. The van der Waals surface area contributed by atoms with Gasteiger partial charge in [-0.25, -0.2) is 4.79 Å². The summed E-state index contributed by atoms with van der Waals surface area (Å²) in [5, 5.41) is 13.3. The molecule has 0 aromatic heterocycles. The van der Waals surface area contributed by atoms with E-state index in [1.54, 1.807) is 4.90 Å². The monoisotopic (exact) mass is 387 g/mol. The number of piperidine rings is 1. The first-order valence-corrected chi connectivity index (χ1v) is 10.1. The van der Waals surface area contributed by atoms with Crippen molar-refractivity contribution in [2.75, 3.05) is 19.6 Å². The van der Waals surface area contributed by atoms with Gasteiger partial charge in [0.2, 0.25) is 5.91 Å². The van der Waals surface area contributed by atoms with E-state index in [1.165, 1.54) is 0 Å². The fourth-order valence-corrected chi connectivity index (χ4v) is 4.17. The highest BCUT2D eigenvalue weighted by Gasteiger charge is 2.49. The van der Waals surface area contributed by atoms with Crippen LogP contribution in [0.1, 0.15) is 51.2 Å². The lowest BCUT2D eigenvalue weighted by Gasteiger charge is -2.35. The number of likely N-dealkylation sites (tertiary alicyclic amines) is 1. The molecule has 0 radical (unpaired) electrons. The fraction of sp³-hybridized carbons (Fsp3) is 0.571. The standard InChI is InChI=1S/C21H29N3O4/c1-3-21(4-2)19(27)24(20(28)22-21)14-17(25)23-12-10-16(11-13-23)18(26)15-8-6-5-7-9-15/h5-9,16,18,26H,3-4,10-14H2,1-2H3,(H,22,28). The van der Waals surface area contributed by atoms with E-state index in [0.717, 1.165) is 10.5 Å². The number of nitrogens with one attached hydrogen (secondary N) is 1. The van der Waals surface area contributed by atoms with Gasteiger partial charge in [0.25, 0.3) is 5.91 Å². The van der Waals surface area contributed by atoms with E-state index >= 15 is 0 Å². The molecule has 1 aromatic rings. The molecule has 7 nitrogen and oxygen atoms in total. The van der Waals surface area contributed by atoms with Crippen LogP contribution in [0.5, 0.6) is 0 Å². The number of hydrogen-bond acceptors (Lipinski definition) is 4. The third-order valence-electron chi connectivity index (χ3n) is 6.23. The minimum atomic E-state index is -0.885. The smallest absolute Gasteiger partial charge is 0.325 e. The predicted molar refractivity (Wildman–Crippen MR) is 104 cm³/mol. The predicted octanol–water partition coefficient (Wildman–Crippen LogP) is 2.07. The van der Waals surface area contributed by atoms with Gasteiger partial charge in [0, 0.05) is 13.1 Å². The topological polar surface area (TPSA) is 90.0 Å². The van der Waals surface area contributed by atoms with Crippen LogP contribution in [0.3, 0.4) is 0 Å². The highest BCUT2D eigenvalue weighted by Crippen LogP contribution is 2.31. The quantitative estimate of drug-likeness (QED) is 0.731. The average molecular weight is 387 g/mol. The molecule has 28 heavy (non-hydrogen) atoms. The number of carbonyl (C=O) groups excluding carboxylic acids is 3. The molecule has 0 saturated carbocycles. The van der Waals surface area contributed by atoms with Crippen LogP contribution in [-0.2, 0) is 9.59 Å². The van der Waals surface area contributed by atoms with Crippen molar-refractivity contribution in [1.29, 1.82) is 0 Å². The Morgan fingerprint density at radius 3 is 2.32 bits per heavy atom. The maximum atomic E-state index is 12.7. The van der Waals surface area contributed by atoms with E-state index < -0.39 is 17.7 Å². The minimum Gasteiger partial charge on any atom is -0.388 e. The number of aliphatic hydroxyl groups is 1. The molecule has 2 fully saturated rings. The summed E-state index contributed by atoms with van der Waals surface area (Å²) in [7, 11) is 0. The number of carbonyl (C=O) groups is 3. The Kier molecular flexibility index (Phi) is 6.03. The van der Waals surface area contributed by atoms with Crippen LogP contribution < -0.4 is 5.32 Å². The summed E-state index contributed by atoms with van der Waals surface area (Å²) in [6, 6.07) is 9.06. The summed E-state index contributed by atoms with van der Waals surface area (Å²) in [5.74, 6) is -0.444. The number of rotatable bonds is 6. The van der Waals surface area contributed by atoms with Gasteiger partial charge in [0.15, 0.2) is 0 Å². The van der Waals surface area contributed by atoms with E-state index in [-0.39, 0.29) is 24.3 Å². The van der Waals surface area contributed by atoms with Crippen molar-refractivity contribution in [2.45, 2.75) is 51.2 Å². The second-order valence-electron chi connectivity index (χ2n) is 7.68. The molecule has 4 amide bonds. The van der Waals surface area contributed by atoms with Gasteiger partial charge in [0.1, 0.15) is 12.1 Å². The molecule has 1 unspecified atom stereocenters. The van der Waals surface area contributed by atoms with Gasteiger partial charge in [-0.2, -0.15) is 0 Å². The number of urea groups is 1. The zero-order valence-electron chi connectivity index (χ0n) is 16.6. The van der Waals surface area contributed by atoms with Crippen molar-refractivity contribution in [2.24, 2.45) is 5.92 Å². The van der Waals surface area contributed by atoms with Crippen LogP contribution in [0.2, 0.25) is 0 Å². The molecule has 2 aliphatic rings. The normalized spacial score (nSPS) is 21.0. The molecule has 0 bridgehead atoms. The van der Waals surface area contributed by atoms with Gasteiger partial charge in [-0.15, -0.1) is 0 Å². The Morgan fingerprint density at radius 1 is 1.18 bits per heavy atom. The summed E-state index contributed by atoms with van der Waals surface area (Å²) < 4.78 is 0. The molecule has 2 heterocycles. The molecule has 152 valence electrons. The molecule has 3 rings (SSSR count). The highest BCUT2D eigenvalue weighted by molar-refractivity contribution is 6.08. The second kappa shape index (κ2) is 8.31. The number of aliphatic hydroxyl groups excluding tert-OH is 1. The Bertz CT molecular complexity index is 724. The van der Waals surface area contributed by atoms with Crippen LogP contribution in [0, 0.1) is 5.92 Å². The summed E-state index contributed by atoms with van der Waals surface area (Å²) in [6.45, 7) is 4.53. The Labute approximate surface area is 165 Å². The summed E-state index contributed by atoms with van der Waals surface area (Å²) >= 11 is 0. The van der Waals surface area contributed by atoms with Crippen molar-refractivity contribution in [3.05, 3.63) is 35.9 Å². The molecule has 2 saturated heterocycles. The molecular formula is C21H29N3O4. The summed E-state index contributed by atoms with van der Waals surface area (Å²) in [6.07, 6.45) is 1.84. The van der Waals surface area contributed by atoms with Crippen molar-refractivity contribution >= 4 is 17.8 Å². The van der Waals surface area contributed by atoms with Gasteiger partial charge < -0.3 is 15.3 Å². The lowest BCUT2D eigenvalue weighted by molar-refractivity contribution is -0.140. The van der Waals surface area contributed by atoms with Crippen LogP contribution in [0.4, 0.5) is 4.79 Å². The highest BCUT2D eigenvalue weighted by atomic mass is 16.3. The molecule has 2 N–H and O–H groups in total. The van der Waals surface area contributed by atoms with Crippen LogP contribution in [0.15, 0.2) is 30.3 Å². The van der Waals surface area contributed by atoms with Crippen molar-refractivity contribution in [3.8, 4) is 0 Å². The van der Waals surface area contributed by atoms with Gasteiger partial charge in [-0.05, 0) is 37.2 Å². The number of imide groups is 1. The van der Waals surface area contributed by atoms with Crippen LogP contribution >= 0.6 is 0 Å². The first kappa shape index (κ1) is 20.3. The maximum Gasteiger partial charge on any atom is 0.325 e. The van der Waals surface area contributed by atoms with Crippen LogP contribution in [0.25, 0.3) is 0 Å². The molecule has 0 spiro atoms. The SMILES string of the molecule is CCC1(CC)NC(=O)N(CC(=O)N2CCC(C(O)c3ccccc3)CC2)C1=O. The summed E-state index contributed by atoms with van der Waals surface area (Å²) in [4.78, 5) is 40.3. The van der Waals surface area contributed by atoms with E-state index in [0.29, 0.717) is 38.8 Å². The lowest BCUT2D eigenvalue weighted by atomic mass is 9.87. The molecule has 1 atom stereocenters. The molecule has 1 aromatic carbocycles. The molecular weight excluding hydrogens is 358 g/mol. The Balaban J connectivity index is 1.56. The third kappa shape index (κ3) is 3.76. The van der Waals surface area contributed by atoms with Crippen molar-refractivity contribution in [3.63, 3.8) is 0 Å². The minimum absolute atomic E-state index is 0.0935. The lowest BCUT2D eigenvalue weighted by Crippen LogP contribution is -2.48. The number of benzene rings is 1. The van der Waals surface area contributed by atoms with E-state index in [2.05, 4.69) is 5.32 Å². The fourth-order valence-electron chi connectivity index (χ4n) is 4.17. The third-order valence-corrected chi connectivity index (χ3v) is 6.23. The maximum absolute atomic E-state index is 12.7. The first-order valence-electron chi connectivity index (χ1n) is 10.1. The van der Waals surface area contributed by atoms with E-state index in [1.807, 2.05) is 44.2 Å².